The molecule has 0 bridgehead atoms. The van der Waals surface area contributed by atoms with Gasteiger partial charge in [0.25, 0.3) is 0 Å². The van der Waals surface area contributed by atoms with Crippen LogP contribution < -0.4 is 15.0 Å². The molecule has 1 saturated carbocycles. The van der Waals surface area contributed by atoms with Crippen molar-refractivity contribution in [2.75, 3.05) is 44.1 Å². The Morgan fingerprint density at radius 3 is 2.76 bits per heavy atom. The van der Waals surface area contributed by atoms with Crippen LogP contribution in [0.15, 0.2) is 25.0 Å². The molecule has 33 heavy (non-hydrogen) atoms. The number of anilines is 2. The van der Waals surface area contributed by atoms with E-state index in [1.54, 1.807) is 20.5 Å². The van der Waals surface area contributed by atoms with E-state index in [0.29, 0.717) is 35.9 Å². The van der Waals surface area contributed by atoms with Gasteiger partial charge < -0.3 is 34.5 Å². The third-order valence-corrected chi connectivity index (χ3v) is 6.56. The molecule has 1 saturated heterocycles. The van der Waals surface area contributed by atoms with E-state index in [1.165, 1.54) is 12.7 Å². The molecule has 3 N–H and O–H groups in total. The lowest BCUT2D eigenvalue weighted by Crippen LogP contribution is -2.30. The number of aliphatic hydroxyl groups is 2. The van der Waals surface area contributed by atoms with Gasteiger partial charge in [0.15, 0.2) is 11.5 Å². The lowest BCUT2D eigenvalue weighted by molar-refractivity contribution is -0.00886. The number of rotatable bonds is 7. The maximum absolute atomic E-state index is 10.6. The van der Waals surface area contributed by atoms with Gasteiger partial charge in [-0.3, -0.25) is 0 Å². The van der Waals surface area contributed by atoms with Crippen LogP contribution in [0.4, 0.5) is 11.6 Å². The molecule has 12 heteroatoms. The Morgan fingerprint density at radius 2 is 1.94 bits per heavy atom. The van der Waals surface area contributed by atoms with E-state index in [4.69, 9.17) is 9.47 Å². The Kier molecular flexibility index (Phi) is 5.96. The maximum atomic E-state index is 10.6. The van der Waals surface area contributed by atoms with Gasteiger partial charge in [0.05, 0.1) is 32.2 Å². The molecule has 3 aromatic rings. The van der Waals surface area contributed by atoms with Crippen molar-refractivity contribution in [3.63, 3.8) is 0 Å². The Morgan fingerprint density at radius 1 is 1.09 bits per heavy atom. The van der Waals surface area contributed by atoms with E-state index in [-0.39, 0.29) is 18.0 Å². The van der Waals surface area contributed by atoms with Crippen LogP contribution in [0.25, 0.3) is 11.2 Å². The van der Waals surface area contributed by atoms with E-state index in [9.17, 15) is 10.2 Å². The van der Waals surface area contributed by atoms with Crippen molar-refractivity contribution >= 4 is 22.8 Å². The molecule has 2 fully saturated rings. The number of fused-ring (bicyclic) bond motifs is 1. The zero-order valence-corrected chi connectivity index (χ0v) is 18.6. The van der Waals surface area contributed by atoms with E-state index in [1.807, 2.05) is 10.6 Å². The highest BCUT2D eigenvalue weighted by molar-refractivity contribution is 5.83. The average Bonchev–Trinajstić information content (AvgIpc) is 3.54. The first-order valence-corrected chi connectivity index (χ1v) is 11.0. The number of hydrogen-bond donors (Lipinski definition) is 3. The summed E-state index contributed by atoms with van der Waals surface area (Å²) >= 11 is 0. The van der Waals surface area contributed by atoms with Crippen molar-refractivity contribution in [2.24, 2.45) is 5.92 Å². The first kappa shape index (κ1) is 21.7. The van der Waals surface area contributed by atoms with Crippen molar-refractivity contribution in [2.45, 2.75) is 37.1 Å². The molecule has 0 aromatic carbocycles. The fourth-order valence-electron chi connectivity index (χ4n) is 4.85. The van der Waals surface area contributed by atoms with Gasteiger partial charge in [-0.25, -0.2) is 24.9 Å². The molecule has 176 valence electrons. The van der Waals surface area contributed by atoms with E-state index < -0.39 is 12.2 Å². The minimum atomic E-state index is -0.915. The topological polar surface area (TPSA) is 144 Å². The summed E-state index contributed by atoms with van der Waals surface area (Å²) in [6, 6.07) is 1.65. The lowest BCUT2D eigenvalue weighted by Gasteiger charge is -2.19. The van der Waals surface area contributed by atoms with Crippen molar-refractivity contribution in [3.8, 4) is 5.88 Å². The van der Waals surface area contributed by atoms with Crippen molar-refractivity contribution in [1.82, 2.24) is 29.5 Å². The van der Waals surface area contributed by atoms with Crippen LogP contribution in [0.2, 0.25) is 0 Å². The summed E-state index contributed by atoms with van der Waals surface area (Å²) in [4.78, 5) is 24.0. The molecular weight excluding hydrogens is 428 g/mol. The summed E-state index contributed by atoms with van der Waals surface area (Å²) in [6.07, 6.45) is 4.38. The summed E-state index contributed by atoms with van der Waals surface area (Å²) in [5, 5.41) is 24.5. The fraction of sp³-hybridized carbons (Fsp3) is 0.571. The molecule has 0 unspecified atom stereocenters. The zero-order chi connectivity index (χ0) is 22.9. The second kappa shape index (κ2) is 9.04. The first-order chi connectivity index (χ1) is 16.1. The molecule has 0 radical (unpaired) electrons. The highest BCUT2D eigenvalue weighted by atomic mass is 16.5. The van der Waals surface area contributed by atoms with Crippen LogP contribution in [-0.2, 0) is 4.74 Å². The number of hydrogen-bond acceptors (Lipinski definition) is 11. The lowest BCUT2D eigenvalue weighted by atomic mass is 10.1. The minimum Gasteiger partial charge on any atom is -0.481 e. The maximum Gasteiger partial charge on any atom is 0.218 e. The number of nitrogens with zero attached hydrogens (tertiary/aromatic N) is 7. The highest BCUT2D eigenvalue weighted by Crippen LogP contribution is 2.37. The molecule has 1 aliphatic carbocycles. The van der Waals surface area contributed by atoms with E-state index in [0.717, 1.165) is 25.3 Å². The van der Waals surface area contributed by atoms with Gasteiger partial charge >= 0.3 is 0 Å². The Labute approximate surface area is 190 Å². The van der Waals surface area contributed by atoms with Crippen LogP contribution in [0.3, 0.4) is 0 Å². The zero-order valence-electron chi connectivity index (χ0n) is 18.6. The summed E-state index contributed by atoms with van der Waals surface area (Å²) in [7, 11) is 3.18. The summed E-state index contributed by atoms with van der Waals surface area (Å²) in [5.41, 5.74) is 1.26. The van der Waals surface area contributed by atoms with Crippen LogP contribution in [-0.4, -0.2) is 91.9 Å². The van der Waals surface area contributed by atoms with Crippen molar-refractivity contribution in [1.29, 1.82) is 0 Å². The van der Waals surface area contributed by atoms with Gasteiger partial charge in [-0.05, 0) is 12.8 Å². The number of aliphatic hydroxyl groups excluding tert-OH is 2. The average molecular weight is 457 g/mol. The molecule has 5 atom stereocenters. The number of nitrogens with one attached hydrogen (secondary N) is 1. The highest BCUT2D eigenvalue weighted by Gasteiger charge is 2.43. The van der Waals surface area contributed by atoms with Crippen LogP contribution in [0.5, 0.6) is 5.88 Å². The molecule has 0 amide bonds. The van der Waals surface area contributed by atoms with E-state index in [2.05, 4.69) is 35.1 Å². The third-order valence-electron chi connectivity index (χ3n) is 6.56. The molecule has 1 aliphatic heterocycles. The third kappa shape index (κ3) is 4.05. The van der Waals surface area contributed by atoms with Gasteiger partial charge in [-0.1, -0.05) is 0 Å². The van der Waals surface area contributed by atoms with E-state index >= 15 is 0 Å². The normalized spacial score (nSPS) is 27.4. The summed E-state index contributed by atoms with van der Waals surface area (Å²) in [5.74, 6) is 1.86. The SMILES string of the molecule is COC[C@H]1C[C@@H](n2cnc3c(N[C@H]4CCN(c5cc(OC)ncn5)C4)ncnc32)[C@@H](O)[C@H]1O. The van der Waals surface area contributed by atoms with Crippen LogP contribution in [0, 0.1) is 5.92 Å². The molecule has 5 rings (SSSR count). The van der Waals surface area contributed by atoms with Crippen LogP contribution in [0.1, 0.15) is 18.9 Å². The molecule has 0 spiro atoms. The number of methoxy groups -OCH3 is 2. The predicted octanol–water partition coefficient (Wildman–Crippen LogP) is 0.245. The molecule has 4 heterocycles. The van der Waals surface area contributed by atoms with Gasteiger partial charge in [-0.15, -0.1) is 0 Å². The largest absolute Gasteiger partial charge is 0.481 e. The fourth-order valence-corrected chi connectivity index (χ4v) is 4.85. The summed E-state index contributed by atoms with van der Waals surface area (Å²) < 4.78 is 12.2. The minimum absolute atomic E-state index is 0.142. The predicted molar refractivity (Wildman–Crippen MR) is 119 cm³/mol. The van der Waals surface area contributed by atoms with Crippen molar-refractivity contribution < 1.29 is 19.7 Å². The molecular formula is C21H28N8O4. The number of imidazole rings is 1. The Bertz CT molecular complexity index is 1110. The smallest absolute Gasteiger partial charge is 0.218 e. The van der Waals surface area contributed by atoms with Gasteiger partial charge in [-0.2, -0.15) is 0 Å². The Hall–Kier alpha value is -3.09. The van der Waals surface area contributed by atoms with Gasteiger partial charge in [0.2, 0.25) is 5.88 Å². The second-order valence-electron chi connectivity index (χ2n) is 8.54. The standard InChI is InChI=1S/C21H28N8O4/c1-32-8-12-5-14(19(31)18(12)30)29-11-26-17-20(24-10-25-21(17)29)27-13-3-4-28(7-13)15-6-16(33-2)23-9-22-15/h6,9-14,18-19,30-31H,3-5,7-8H2,1-2H3,(H,24,25,27)/t12-,13+,14-,18+,19-/m1/s1. The summed E-state index contributed by atoms with van der Waals surface area (Å²) in [6.45, 7) is 1.98. The van der Waals surface area contributed by atoms with Gasteiger partial charge in [0, 0.05) is 38.2 Å². The number of aromatic nitrogens is 6. The van der Waals surface area contributed by atoms with Crippen LogP contribution >= 0.6 is 0 Å². The molecule has 12 nitrogen and oxygen atoms in total. The number of ether oxygens (including phenoxy) is 2. The molecule has 2 aliphatic rings. The second-order valence-corrected chi connectivity index (χ2v) is 8.54. The Balaban J connectivity index is 1.33. The monoisotopic (exact) mass is 456 g/mol. The molecule has 3 aromatic heterocycles. The van der Waals surface area contributed by atoms with Gasteiger partial charge in [0.1, 0.15) is 30.1 Å². The quantitative estimate of drug-likeness (QED) is 0.450. The van der Waals surface area contributed by atoms with Crippen molar-refractivity contribution in [3.05, 3.63) is 25.0 Å². The first-order valence-electron chi connectivity index (χ1n) is 11.0.